The SMILES string of the molecule is CC(C)[C@@H]1N[C@H](C)CC[C@@H]1C(=O)O. The summed E-state index contributed by atoms with van der Waals surface area (Å²) in [5.74, 6) is -0.460. The van der Waals surface area contributed by atoms with Crippen molar-refractivity contribution in [2.45, 2.75) is 45.7 Å². The van der Waals surface area contributed by atoms with Gasteiger partial charge in [0.25, 0.3) is 0 Å². The van der Waals surface area contributed by atoms with Gasteiger partial charge in [-0.05, 0) is 25.7 Å². The van der Waals surface area contributed by atoms with Crippen molar-refractivity contribution < 1.29 is 9.90 Å². The molecule has 0 bridgehead atoms. The van der Waals surface area contributed by atoms with Crippen molar-refractivity contribution >= 4 is 5.97 Å². The molecule has 13 heavy (non-hydrogen) atoms. The lowest BCUT2D eigenvalue weighted by atomic mass is 9.82. The summed E-state index contributed by atoms with van der Waals surface area (Å²) in [6, 6.07) is 0.601. The molecule has 0 aromatic heterocycles. The van der Waals surface area contributed by atoms with Crippen molar-refractivity contribution in [3.63, 3.8) is 0 Å². The van der Waals surface area contributed by atoms with E-state index < -0.39 is 5.97 Å². The van der Waals surface area contributed by atoms with E-state index in [1.54, 1.807) is 0 Å². The van der Waals surface area contributed by atoms with E-state index in [1.807, 2.05) is 0 Å². The van der Waals surface area contributed by atoms with E-state index in [9.17, 15) is 4.79 Å². The van der Waals surface area contributed by atoms with Crippen LogP contribution in [0, 0.1) is 11.8 Å². The summed E-state index contributed by atoms with van der Waals surface area (Å²) in [6.45, 7) is 6.27. The van der Waals surface area contributed by atoms with Gasteiger partial charge in [0.1, 0.15) is 0 Å². The summed E-state index contributed by atoms with van der Waals surface area (Å²) in [6.07, 6.45) is 1.78. The zero-order chi connectivity index (χ0) is 10.0. The number of carboxylic acids is 1. The quantitative estimate of drug-likeness (QED) is 0.685. The first-order valence-corrected chi connectivity index (χ1v) is 5.01. The first kappa shape index (κ1) is 10.5. The molecule has 1 rings (SSSR count). The van der Waals surface area contributed by atoms with E-state index >= 15 is 0 Å². The second-order valence-corrected chi connectivity index (χ2v) is 4.36. The van der Waals surface area contributed by atoms with Crippen LogP contribution >= 0.6 is 0 Å². The van der Waals surface area contributed by atoms with Crippen molar-refractivity contribution in [3.05, 3.63) is 0 Å². The van der Waals surface area contributed by atoms with Gasteiger partial charge in [-0.3, -0.25) is 4.79 Å². The zero-order valence-electron chi connectivity index (χ0n) is 8.58. The van der Waals surface area contributed by atoms with Gasteiger partial charge in [0.05, 0.1) is 5.92 Å². The number of piperidine rings is 1. The third kappa shape index (κ3) is 2.44. The predicted molar refractivity (Wildman–Crippen MR) is 51.6 cm³/mol. The van der Waals surface area contributed by atoms with Crippen LogP contribution in [0.3, 0.4) is 0 Å². The molecule has 1 heterocycles. The fourth-order valence-corrected chi connectivity index (χ4v) is 2.07. The van der Waals surface area contributed by atoms with Gasteiger partial charge < -0.3 is 10.4 Å². The Bertz CT molecular complexity index is 191. The number of aliphatic carboxylic acids is 1. The minimum absolute atomic E-state index is 0.140. The Hall–Kier alpha value is -0.570. The summed E-state index contributed by atoms with van der Waals surface area (Å²) >= 11 is 0. The first-order chi connectivity index (χ1) is 6.02. The molecule has 0 spiro atoms. The van der Waals surface area contributed by atoms with Crippen LogP contribution in [0.15, 0.2) is 0 Å². The van der Waals surface area contributed by atoms with Crippen LogP contribution < -0.4 is 5.32 Å². The zero-order valence-corrected chi connectivity index (χ0v) is 8.58. The first-order valence-electron chi connectivity index (χ1n) is 5.01. The van der Waals surface area contributed by atoms with E-state index in [1.165, 1.54) is 0 Å². The van der Waals surface area contributed by atoms with Gasteiger partial charge >= 0.3 is 5.97 Å². The molecule has 2 N–H and O–H groups in total. The van der Waals surface area contributed by atoms with Crippen molar-refractivity contribution in [2.24, 2.45) is 11.8 Å². The van der Waals surface area contributed by atoms with Crippen molar-refractivity contribution in [1.29, 1.82) is 0 Å². The minimum Gasteiger partial charge on any atom is -0.481 e. The van der Waals surface area contributed by atoms with Gasteiger partial charge in [-0.2, -0.15) is 0 Å². The Kier molecular flexibility index (Phi) is 3.31. The van der Waals surface area contributed by atoms with Gasteiger partial charge in [-0.1, -0.05) is 13.8 Å². The number of rotatable bonds is 2. The predicted octanol–water partition coefficient (Wildman–Crippen LogP) is 1.48. The van der Waals surface area contributed by atoms with Crippen molar-refractivity contribution in [3.8, 4) is 0 Å². The normalized spacial score (nSPS) is 34.9. The summed E-state index contributed by atoms with van der Waals surface area (Å²) in [4.78, 5) is 10.9. The maximum atomic E-state index is 10.9. The highest BCUT2D eigenvalue weighted by atomic mass is 16.4. The highest BCUT2D eigenvalue weighted by molar-refractivity contribution is 5.71. The molecule has 0 aromatic carbocycles. The summed E-state index contributed by atoms with van der Waals surface area (Å²) in [7, 11) is 0. The minimum atomic E-state index is -0.655. The van der Waals surface area contributed by atoms with Crippen LogP contribution in [0.25, 0.3) is 0 Å². The molecule has 1 aliphatic rings. The lowest BCUT2D eigenvalue weighted by Gasteiger charge is -2.36. The maximum absolute atomic E-state index is 10.9. The molecule has 0 unspecified atom stereocenters. The van der Waals surface area contributed by atoms with Crippen LogP contribution in [0.4, 0.5) is 0 Å². The van der Waals surface area contributed by atoms with Crippen LogP contribution in [0.1, 0.15) is 33.6 Å². The molecule has 76 valence electrons. The van der Waals surface area contributed by atoms with E-state index in [0.717, 1.165) is 12.8 Å². The Morgan fingerprint density at radius 2 is 2.08 bits per heavy atom. The molecular weight excluding hydrogens is 166 g/mol. The van der Waals surface area contributed by atoms with Crippen molar-refractivity contribution in [2.75, 3.05) is 0 Å². The summed E-state index contributed by atoms with van der Waals surface area (Å²) in [5.41, 5.74) is 0. The van der Waals surface area contributed by atoms with Gasteiger partial charge in [-0.15, -0.1) is 0 Å². The van der Waals surface area contributed by atoms with E-state index in [4.69, 9.17) is 5.11 Å². The van der Waals surface area contributed by atoms with Gasteiger partial charge in [0.2, 0.25) is 0 Å². The lowest BCUT2D eigenvalue weighted by molar-refractivity contribution is -0.144. The fourth-order valence-electron chi connectivity index (χ4n) is 2.07. The van der Waals surface area contributed by atoms with E-state index in [2.05, 4.69) is 26.1 Å². The van der Waals surface area contributed by atoms with Crippen LogP contribution in [0.5, 0.6) is 0 Å². The molecule has 0 aromatic rings. The number of carboxylic acid groups (broad SMARTS) is 1. The van der Waals surface area contributed by atoms with Gasteiger partial charge in [0, 0.05) is 12.1 Å². The molecular formula is C10H19NO2. The monoisotopic (exact) mass is 185 g/mol. The second kappa shape index (κ2) is 4.09. The molecule has 0 saturated carbocycles. The van der Waals surface area contributed by atoms with E-state index in [-0.39, 0.29) is 12.0 Å². The average molecular weight is 185 g/mol. The molecule has 1 aliphatic heterocycles. The smallest absolute Gasteiger partial charge is 0.308 e. The van der Waals surface area contributed by atoms with Crippen LogP contribution in [0.2, 0.25) is 0 Å². The number of hydrogen-bond donors (Lipinski definition) is 2. The Balaban J connectivity index is 2.66. The maximum Gasteiger partial charge on any atom is 0.308 e. The average Bonchev–Trinajstić information content (AvgIpc) is 2.03. The third-order valence-corrected chi connectivity index (χ3v) is 2.86. The molecule has 3 nitrogen and oxygen atoms in total. The molecule has 0 aliphatic carbocycles. The molecule has 1 fully saturated rings. The topological polar surface area (TPSA) is 49.3 Å². The van der Waals surface area contributed by atoms with Gasteiger partial charge in [0.15, 0.2) is 0 Å². The molecule has 3 heteroatoms. The largest absolute Gasteiger partial charge is 0.481 e. The number of carbonyl (C=O) groups is 1. The molecule has 0 radical (unpaired) electrons. The summed E-state index contributed by atoms with van der Waals surface area (Å²) in [5, 5.41) is 12.4. The standard InChI is InChI=1S/C10H19NO2/c1-6(2)9-8(10(12)13)5-4-7(3)11-9/h6-9,11H,4-5H2,1-3H3,(H,12,13)/t7-,8+,9+/m1/s1. The van der Waals surface area contributed by atoms with Crippen molar-refractivity contribution in [1.82, 2.24) is 5.32 Å². The molecule has 1 saturated heterocycles. The Labute approximate surface area is 79.5 Å². The van der Waals surface area contributed by atoms with Crippen LogP contribution in [-0.2, 0) is 4.79 Å². The summed E-state index contributed by atoms with van der Waals surface area (Å²) < 4.78 is 0. The number of nitrogens with one attached hydrogen (secondary N) is 1. The van der Waals surface area contributed by atoms with Gasteiger partial charge in [-0.25, -0.2) is 0 Å². The third-order valence-electron chi connectivity index (χ3n) is 2.86. The lowest BCUT2D eigenvalue weighted by Crippen LogP contribution is -2.51. The highest BCUT2D eigenvalue weighted by Gasteiger charge is 2.34. The Morgan fingerprint density at radius 3 is 2.54 bits per heavy atom. The second-order valence-electron chi connectivity index (χ2n) is 4.36. The molecule has 0 amide bonds. The van der Waals surface area contributed by atoms with Crippen LogP contribution in [-0.4, -0.2) is 23.2 Å². The highest BCUT2D eigenvalue weighted by Crippen LogP contribution is 2.24. The molecule has 3 atom stereocenters. The number of hydrogen-bond acceptors (Lipinski definition) is 2. The van der Waals surface area contributed by atoms with E-state index in [0.29, 0.717) is 12.0 Å². The fraction of sp³-hybridized carbons (Fsp3) is 0.900. The Morgan fingerprint density at radius 1 is 1.46 bits per heavy atom.